The minimum Gasteiger partial charge on any atom is -0.271 e. The van der Waals surface area contributed by atoms with E-state index in [0.717, 1.165) is 5.56 Å². The minimum absolute atomic E-state index is 0.0957. The Morgan fingerprint density at radius 3 is 2.71 bits per heavy atom. The van der Waals surface area contributed by atoms with E-state index in [1.54, 1.807) is 0 Å². The Morgan fingerprint density at radius 1 is 1.50 bits per heavy atom. The smallest absolute Gasteiger partial charge is 0.258 e. The van der Waals surface area contributed by atoms with E-state index in [1.807, 2.05) is 37.3 Å². The van der Waals surface area contributed by atoms with Crippen molar-refractivity contribution in [3.05, 3.63) is 35.9 Å². The molecule has 1 rings (SSSR count). The van der Waals surface area contributed by atoms with E-state index < -0.39 is 0 Å². The Hall–Kier alpha value is -1.06. The fourth-order valence-corrected chi connectivity index (χ4v) is 1.03. The highest BCUT2D eigenvalue weighted by Gasteiger charge is 2.06. The van der Waals surface area contributed by atoms with Crippen LogP contribution in [0.5, 0.6) is 0 Å². The van der Waals surface area contributed by atoms with Crippen molar-refractivity contribution in [2.45, 2.75) is 13.0 Å². The van der Waals surface area contributed by atoms with Crippen molar-refractivity contribution in [2.24, 2.45) is 0 Å². The third-order valence-corrected chi connectivity index (χ3v) is 1.98. The van der Waals surface area contributed by atoms with Crippen molar-refractivity contribution in [2.75, 3.05) is 5.88 Å². The fraction of sp³-hybridized carbons (Fsp3) is 0.300. The zero-order valence-electron chi connectivity index (χ0n) is 7.87. The highest BCUT2D eigenvalue weighted by Crippen LogP contribution is 2.13. The number of hydrogen-bond donors (Lipinski definition) is 1. The quantitative estimate of drug-likeness (QED) is 0.614. The largest absolute Gasteiger partial charge is 0.271 e. The fourth-order valence-electron chi connectivity index (χ4n) is 0.973. The number of carbonyl (C=O) groups is 1. The second kappa shape index (κ2) is 5.62. The molecule has 14 heavy (non-hydrogen) atoms. The van der Waals surface area contributed by atoms with Gasteiger partial charge in [0.2, 0.25) is 0 Å². The molecule has 0 spiro atoms. The molecular formula is C10H12ClNO2. The number of halogens is 1. The standard InChI is InChI=1S/C10H12ClNO2/c1-8(14-12-10(13)7-11)9-5-3-2-4-6-9/h2-6,8H,7H2,1H3,(H,12,13)/t8-/m0/s1. The van der Waals surface area contributed by atoms with Crippen LogP contribution < -0.4 is 5.48 Å². The molecule has 1 N–H and O–H groups in total. The van der Waals surface area contributed by atoms with Gasteiger partial charge in [0.05, 0.1) is 0 Å². The Balaban J connectivity index is 2.43. The van der Waals surface area contributed by atoms with Gasteiger partial charge in [0.25, 0.3) is 5.91 Å². The lowest BCUT2D eigenvalue weighted by Gasteiger charge is -2.12. The molecule has 0 aliphatic carbocycles. The average Bonchev–Trinajstić information content (AvgIpc) is 2.26. The first-order valence-corrected chi connectivity index (χ1v) is 4.83. The highest BCUT2D eigenvalue weighted by molar-refractivity contribution is 6.27. The molecule has 0 unspecified atom stereocenters. The molecule has 0 heterocycles. The molecule has 0 saturated carbocycles. The predicted octanol–water partition coefficient (Wildman–Crippen LogP) is 2.03. The van der Waals surface area contributed by atoms with Crippen molar-refractivity contribution >= 4 is 17.5 Å². The van der Waals surface area contributed by atoms with E-state index in [2.05, 4.69) is 5.48 Å². The number of alkyl halides is 1. The van der Waals surface area contributed by atoms with Crippen LogP contribution in [0.25, 0.3) is 0 Å². The van der Waals surface area contributed by atoms with Gasteiger partial charge in [-0.2, -0.15) is 0 Å². The van der Waals surface area contributed by atoms with Gasteiger partial charge in [-0.1, -0.05) is 30.3 Å². The van der Waals surface area contributed by atoms with Crippen molar-refractivity contribution in [3.8, 4) is 0 Å². The Bertz CT molecular complexity index is 289. The van der Waals surface area contributed by atoms with Gasteiger partial charge >= 0.3 is 0 Å². The summed E-state index contributed by atoms with van der Waals surface area (Å²) in [6, 6.07) is 9.61. The van der Waals surface area contributed by atoms with Gasteiger partial charge in [0.15, 0.2) is 0 Å². The van der Waals surface area contributed by atoms with Crippen molar-refractivity contribution in [1.29, 1.82) is 0 Å². The maximum atomic E-state index is 10.8. The lowest BCUT2D eigenvalue weighted by Crippen LogP contribution is -2.26. The van der Waals surface area contributed by atoms with E-state index in [-0.39, 0.29) is 17.9 Å². The van der Waals surface area contributed by atoms with Gasteiger partial charge in [-0.05, 0) is 12.5 Å². The number of hydrogen-bond acceptors (Lipinski definition) is 2. The summed E-state index contributed by atoms with van der Waals surface area (Å²) in [6.07, 6.45) is -0.177. The molecule has 76 valence electrons. The van der Waals surface area contributed by atoms with Gasteiger partial charge in [0, 0.05) is 0 Å². The summed E-state index contributed by atoms with van der Waals surface area (Å²) in [5, 5.41) is 0. The summed E-state index contributed by atoms with van der Waals surface area (Å²) in [5.74, 6) is -0.434. The first-order chi connectivity index (χ1) is 6.74. The van der Waals surface area contributed by atoms with Crippen LogP contribution in [0.1, 0.15) is 18.6 Å². The molecule has 4 heteroatoms. The van der Waals surface area contributed by atoms with E-state index >= 15 is 0 Å². The Labute approximate surface area is 88.0 Å². The zero-order valence-corrected chi connectivity index (χ0v) is 8.62. The molecule has 0 saturated heterocycles. The molecule has 0 aromatic heterocycles. The topological polar surface area (TPSA) is 38.3 Å². The predicted molar refractivity (Wildman–Crippen MR) is 54.8 cm³/mol. The van der Waals surface area contributed by atoms with Crippen molar-refractivity contribution < 1.29 is 9.63 Å². The van der Waals surface area contributed by atoms with Gasteiger partial charge in [-0.3, -0.25) is 9.63 Å². The number of rotatable bonds is 4. The van der Waals surface area contributed by atoms with E-state index in [9.17, 15) is 4.79 Å². The van der Waals surface area contributed by atoms with Gasteiger partial charge in [-0.25, -0.2) is 5.48 Å². The SMILES string of the molecule is C[C@H](ONC(=O)CCl)c1ccccc1. The van der Waals surface area contributed by atoms with Crippen LogP contribution in [0.3, 0.4) is 0 Å². The molecule has 1 aromatic carbocycles. The average molecular weight is 214 g/mol. The van der Waals surface area contributed by atoms with Crippen LogP contribution in [0.4, 0.5) is 0 Å². The van der Waals surface area contributed by atoms with Crippen LogP contribution in [0, 0.1) is 0 Å². The molecule has 0 aliphatic heterocycles. The molecule has 1 amide bonds. The summed E-state index contributed by atoms with van der Waals surface area (Å²) in [5.41, 5.74) is 3.26. The summed E-state index contributed by atoms with van der Waals surface area (Å²) < 4.78 is 0. The third kappa shape index (κ3) is 3.36. The normalized spacial score (nSPS) is 12.1. The first-order valence-electron chi connectivity index (χ1n) is 4.29. The number of hydroxylamine groups is 1. The molecule has 0 aliphatic rings. The second-order valence-corrected chi connectivity index (χ2v) is 3.10. The van der Waals surface area contributed by atoms with Crippen molar-refractivity contribution in [3.63, 3.8) is 0 Å². The summed E-state index contributed by atoms with van der Waals surface area (Å²) in [4.78, 5) is 15.9. The monoisotopic (exact) mass is 213 g/mol. The first kappa shape index (κ1) is 11.0. The maximum absolute atomic E-state index is 10.8. The summed E-state index contributed by atoms with van der Waals surface area (Å²) >= 11 is 5.29. The molecule has 3 nitrogen and oxygen atoms in total. The van der Waals surface area contributed by atoms with Crippen LogP contribution in [-0.4, -0.2) is 11.8 Å². The number of benzene rings is 1. The molecule has 0 fully saturated rings. The molecular weight excluding hydrogens is 202 g/mol. The van der Waals surface area contributed by atoms with Crippen LogP contribution in [-0.2, 0) is 9.63 Å². The second-order valence-electron chi connectivity index (χ2n) is 2.83. The van der Waals surface area contributed by atoms with E-state index in [0.29, 0.717) is 0 Å². The lowest BCUT2D eigenvalue weighted by atomic mass is 10.1. The summed E-state index contributed by atoms with van der Waals surface area (Å²) in [7, 11) is 0. The van der Waals surface area contributed by atoms with Gasteiger partial charge in [-0.15, -0.1) is 11.6 Å². The number of amides is 1. The Kier molecular flexibility index (Phi) is 4.43. The lowest BCUT2D eigenvalue weighted by molar-refractivity contribution is -0.135. The summed E-state index contributed by atoms with van der Waals surface area (Å²) in [6.45, 7) is 1.85. The van der Waals surface area contributed by atoms with E-state index in [4.69, 9.17) is 16.4 Å². The third-order valence-electron chi connectivity index (χ3n) is 1.74. The molecule has 0 radical (unpaired) electrons. The van der Waals surface area contributed by atoms with Crippen LogP contribution in [0.2, 0.25) is 0 Å². The van der Waals surface area contributed by atoms with Gasteiger partial charge < -0.3 is 0 Å². The number of carbonyl (C=O) groups excluding carboxylic acids is 1. The Morgan fingerprint density at radius 2 is 2.14 bits per heavy atom. The maximum Gasteiger partial charge on any atom is 0.258 e. The van der Waals surface area contributed by atoms with E-state index in [1.165, 1.54) is 0 Å². The zero-order chi connectivity index (χ0) is 10.4. The highest BCUT2D eigenvalue weighted by atomic mass is 35.5. The van der Waals surface area contributed by atoms with Crippen LogP contribution in [0.15, 0.2) is 30.3 Å². The number of nitrogens with one attached hydrogen (secondary N) is 1. The molecule has 1 atom stereocenters. The van der Waals surface area contributed by atoms with Gasteiger partial charge in [0.1, 0.15) is 12.0 Å². The van der Waals surface area contributed by atoms with Crippen LogP contribution >= 0.6 is 11.6 Å². The molecule has 1 aromatic rings. The van der Waals surface area contributed by atoms with Crippen molar-refractivity contribution in [1.82, 2.24) is 5.48 Å². The molecule has 0 bridgehead atoms. The minimum atomic E-state index is -0.338.